The number of carbonyl (C=O) groups is 2. The van der Waals surface area contributed by atoms with Gasteiger partial charge >= 0.3 is 6.18 Å². The Hall–Kier alpha value is -5.61. The van der Waals surface area contributed by atoms with Crippen molar-refractivity contribution < 1.29 is 42.0 Å². The minimum absolute atomic E-state index is 0.0342. The zero-order chi connectivity index (χ0) is 39.3. The summed E-state index contributed by atoms with van der Waals surface area (Å²) in [6.07, 6.45) is -1.30. The zero-order valence-electron chi connectivity index (χ0n) is 29.8. The van der Waals surface area contributed by atoms with E-state index in [-0.39, 0.29) is 63.7 Å². The van der Waals surface area contributed by atoms with Crippen LogP contribution in [-0.2, 0) is 23.1 Å². The molecular formula is C37H36ClF3N7O6+. The summed E-state index contributed by atoms with van der Waals surface area (Å²) in [5.74, 6) is -1.46. The second-order valence-corrected chi connectivity index (χ2v) is 13.8. The Morgan fingerprint density at radius 2 is 1.78 bits per heavy atom. The first-order chi connectivity index (χ1) is 25.4. The molecule has 6 rings (SSSR count). The number of nitrogens with zero attached hydrogens (tertiary/aromatic N) is 6. The van der Waals surface area contributed by atoms with Gasteiger partial charge in [0.15, 0.2) is 29.8 Å². The van der Waals surface area contributed by atoms with Gasteiger partial charge in [-0.15, -0.1) is 0 Å². The van der Waals surface area contributed by atoms with Gasteiger partial charge in [0, 0.05) is 5.56 Å². The molecule has 0 saturated carbocycles. The van der Waals surface area contributed by atoms with E-state index in [4.69, 9.17) is 16.0 Å². The highest BCUT2D eigenvalue weighted by molar-refractivity contribution is 6.33. The van der Waals surface area contributed by atoms with Crippen LogP contribution in [0.3, 0.4) is 0 Å². The molecule has 282 valence electrons. The van der Waals surface area contributed by atoms with Crippen LogP contribution in [0.5, 0.6) is 5.75 Å². The van der Waals surface area contributed by atoms with Crippen LogP contribution in [0.4, 0.5) is 24.5 Å². The van der Waals surface area contributed by atoms with Gasteiger partial charge in [0.25, 0.3) is 17.0 Å². The van der Waals surface area contributed by atoms with E-state index < -0.39 is 47.2 Å². The topological polar surface area (TPSA) is 167 Å². The highest BCUT2D eigenvalue weighted by Crippen LogP contribution is 2.34. The lowest BCUT2D eigenvalue weighted by Gasteiger charge is -2.30. The van der Waals surface area contributed by atoms with Crippen molar-refractivity contribution in [2.45, 2.75) is 65.4 Å². The summed E-state index contributed by atoms with van der Waals surface area (Å²) in [6, 6.07) is 8.76. The van der Waals surface area contributed by atoms with Crippen molar-refractivity contribution in [3.05, 3.63) is 92.2 Å². The summed E-state index contributed by atoms with van der Waals surface area (Å²) < 4.78 is 48.9. The third-order valence-electron chi connectivity index (χ3n) is 9.25. The number of nitrogens with one attached hydrogen (secondary N) is 1. The van der Waals surface area contributed by atoms with Crippen LogP contribution >= 0.6 is 11.6 Å². The summed E-state index contributed by atoms with van der Waals surface area (Å²) in [5.41, 5.74) is -1.14. The lowest BCUT2D eigenvalue weighted by atomic mass is 9.97. The van der Waals surface area contributed by atoms with Gasteiger partial charge in [-0.2, -0.15) is 22.7 Å². The van der Waals surface area contributed by atoms with Crippen molar-refractivity contribution in [1.29, 1.82) is 0 Å². The number of pyridine rings is 1. The fraction of sp³-hybridized carbons (Fsp3) is 0.324. The Kier molecular flexibility index (Phi) is 10.1. The van der Waals surface area contributed by atoms with Crippen molar-refractivity contribution in [2.75, 3.05) is 18.4 Å². The number of rotatable bonds is 8. The average molecular weight is 767 g/mol. The number of halogens is 4. The Morgan fingerprint density at radius 3 is 2.41 bits per heavy atom. The van der Waals surface area contributed by atoms with Gasteiger partial charge in [0.2, 0.25) is 17.4 Å². The first-order valence-electron chi connectivity index (χ1n) is 16.9. The number of aliphatic hydroxyl groups is 1. The molecule has 0 saturated heterocycles. The van der Waals surface area contributed by atoms with E-state index >= 15 is 0 Å². The van der Waals surface area contributed by atoms with Crippen LogP contribution in [0, 0.1) is 13.8 Å². The SMILES string of the molecule is CCC1C=[N+](c2c(C)n(CC(=O)Nc3ccc(C(F)(F)F)cc3Cl)c3nc(-c4ccc(C(C)(C)O)cc4)oc3c2=O)CCN1C(=O)c1ncnc(C)c1O. The second-order valence-electron chi connectivity index (χ2n) is 13.4. The number of benzene rings is 2. The maximum absolute atomic E-state index is 14.3. The quantitative estimate of drug-likeness (QED) is 0.162. The van der Waals surface area contributed by atoms with Crippen molar-refractivity contribution in [1.82, 2.24) is 24.4 Å². The number of oxazole rings is 1. The molecule has 3 N–H and O–H groups in total. The lowest BCUT2D eigenvalue weighted by molar-refractivity contribution is -0.446. The van der Waals surface area contributed by atoms with E-state index in [1.165, 1.54) is 15.8 Å². The van der Waals surface area contributed by atoms with Crippen molar-refractivity contribution in [2.24, 2.45) is 0 Å². The summed E-state index contributed by atoms with van der Waals surface area (Å²) >= 11 is 6.12. The van der Waals surface area contributed by atoms with Crippen LogP contribution in [-0.4, -0.2) is 76.4 Å². The normalized spacial score (nSPS) is 15.0. The van der Waals surface area contributed by atoms with E-state index in [0.717, 1.165) is 12.1 Å². The van der Waals surface area contributed by atoms with Gasteiger partial charge in [-0.1, -0.05) is 30.7 Å². The van der Waals surface area contributed by atoms with E-state index in [1.807, 2.05) is 6.92 Å². The van der Waals surface area contributed by atoms with E-state index in [1.54, 1.807) is 62.8 Å². The van der Waals surface area contributed by atoms with Crippen LogP contribution in [0.1, 0.15) is 60.2 Å². The Morgan fingerprint density at radius 1 is 1.09 bits per heavy atom. The number of aromatic nitrogens is 4. The maximum Gasteiger partial charge on any atom is 0.416 e. The van der Waals surface area contributed by atoms with E-state index in [9.17, 15) is 37.8 Å². The zero-order valence-corrected chi connectivity index (χ0v) is 30.6. The van der Waals surface area contributed by atoms with Crippen molar-refractivity contribution >= 4 is 52.2 Å². The number of anilines is 1. The molecule has 1 atom stereocenters. The van der Waals surface area contributed by atoms with Gasteiger partial charge in [0.05, 0.1) is 39.8 Å². The third kappa shape index (κ3) is 7.30. The standard InChI is InChI=1S/C37H35ClF3N7O6/c1-6-24-16-46(13-14-47(24)35(52)28-30(50)19(2)42-18-43-28)29-20(3)48(17-27(49)44-26-12-11-23(15-25(26)38)37(39,40)41)33-32(31(29)51)54-34(45-33)21-7-9-22(10-8-21)36(4,5)53/h7-12,15-16,18,24,53H,6,13-14,17H2,1-5H3,(H-,44,49,50,52)/p+1. The first kappa shape index (κ1) is 38.1. The van der Waals surface area contributed by atoms with Gasteiger partial charge in [-0.3, -0.25) is 14.4 Å². The number of carbonyl (C=O) groups excluding carboxylic acids is 2. The smallest absolute Gasteiger partial charge is 0.416 e. The van der Waals surface area contributed by atoms with Crippen LogP contribution in [0.2, 0.25) is 5.02 Å². The van der Waals surface area contributed by atoms with Crippen molar-refractivity contribution in [3.8, 4) is 17.2 Å². The monoisotopic (exact) mass is 766 g/mol. The fourth-order valence-electron chi connectivity index (χ4n) is 6.27. The molecule has 0 fully saturated rings. The Balaban J connectivity index is 1.43. The molecular weight excluding hydrogens is 731 g/mol. The average Bonchev–Trinajstić information content (AvgIpc) is 3.57. The highest BCUT2D eigenvalue weighted by atomic mass is 35.5. The maximum atomic E-state index is 14.3. The largest absolute Gasteiger partial charge is 0.504 e. The second kappa shape index (κ2) is 14.3. The molecule has 1 unspecified atom stereocenters. The number of alkyl halides is 3. The van der Waals surface area contributed by atoms with Crippen molar-refractivity contribution in [3.63, 3.8) is 0 Å². The van der Waals surface area contributed by atoms with E-state index in [0.29, 0.717) is 29.3 Å². The summed E-state index contributed by atoms with van der Waals surface area (Å²) in [6.45, 7) is 8.13. The first-order valence-corrected chi connectivity index (χ1v) is 17.2. The predicted molar refractivity (Wildman–Crippen MR) is 193 cm³/mol. The van der Waals surface area contributed by atoms with Crippen LogP contribution in [0.15, 0.2) is 58.0 Å². The molecule has 1 aliphatic heterocycles. The number of amides is 2. The molecule has 54 heavy (non-hydrogen) atoms. The third-order valence-corrected chi connectivity index (χ3v) is 9.57. The molecule has 17 heteroatoms. The summed E-state index contributed by atoms with van der Waals surface area (Å²) in [4.78, 5) is 55.4. The molecule has 2 amide bonds. The number of fused-ring (bicyclic) bond motifs is 1. The number of hydrogen-bond donors (Lipinski definition) is 3. The molecule has 0 bridgehead atoms. The van der Waals surface area contributed by atoms with Gasteiger partial charge in [-0.25, -0.2) is 9.97 Å². The molecule has 0 radical (unpaired) electrons. The Bertz CT molecular complexity index is 2380. The lowest BCUT2D eigenvalue weighted by Crippen LogP contribution is -2.49. The van der Waals surface area contributed by atoms with Gasteiger partial charge in [0.1, 0.15) is 18.9 Å². The molecule has 13 nitrogen and oxygen atoms in total. The number of aromatic hydroxyl groups is 1. The minimum Gasteiger partial charge on any atom is -0.504 e. The number of hydrogen-bond acceptors (Lipinski definition) is 9. The molecule has 4 heterocycles. The highest BCUT2D eigenvalue weighted by Gasteiger charge is 2.37. The summed E-state index contributed by atoms with van der Waals surface area (Å²) in [7, 11) is 0. The fourth-order valence-corrected chi connectivity index (χ4v) is 6.50. The number of aryl methyl sites for hydroxylation is 1. The van der Waals surface area contributed by atoms with Crippen LogP contribution in [0.25, 0.3) is 22.7 Å². The molecule has 0 aliphatic carbocycles. The minimum atomic E-state index is -4.64. The Labute approximate surface area is 311 Å². The van der Waals surface area contributed by atoms with E-state index in [2.05, 4.69) is 20.3 Å². The molecule has 2 aromatic carbocycles. The molecule has 3 aromatic heterocycles. The molecule has 1 aliphatic rings. The van der Waals surface area contributed by atoms with Gasteiger partial charge < -0.3 is 29.4 Å². The predicted octanol–water partition coefficient (Wildman–Crippen LogP) is 5.96. The van der Waals surface area contributed by atoms with Crippen LogP contribution < -0.4 is 10.7 Å². The molecule has 5 aromatic rings. The van der Waals surface area contributed by atoms with Gasteiger partial charge in [-0.05, 0) is 70.0 Å². The summed E-state index contributed by atoms with van der Waals surface area (Å²) in [5, 5.41) is 23.1. The molecule has 0 spiro atoms.